The first-order valence-electron chi connectivity index (χ1n) is 5.62. The molecule has 0 atom stereocenters. The van der Waals surface area contributed by atoms with Gasteiger partial charge in [-0.15, -0.1) is 22.9 Å². The summed E-state index contributed by atoms with van der Waals surface area (Å²) in [4.78, 5) is 1.16. The molecule has 0 saturated heterocycles. The van der Waals surface area contributed by atoms with Crippen molar-refractivity contribution in [2.24, 2.45) is 0 Å². The molecule has 0 radical (unpaired) electrons. The average Bonchev–Trinajstić information content (AvgIpc) is 3.06. The molecule has 0 aliphatic carbocycles. The Morgan fingerprint density at radius 1 is 1.53 bits per heavy atom. The van der Waals surface area contributed by atoms with Crippen LogP contribution in [0.25, 0.3) is 0 Å². The van der Waals surface area contributed by atoms with Gasteiger partial charge >= 0.3 is 0 Å². The van der Waals surface area contributed by atoms with Crippen molar-refractivity contribution < 1.29 is 8.42 Å². The second kappa shape index (κ2) is 6.04. The van der Waals surface area contributed by atoms with Crippen LogP contribution in [-0.4, -0.2) is 36.5 Å². The zero-order valence-electron chi connectivity index (χ0n) is 10.3. The van der Waals surface area contributed by atoms with E-state index < -0.39 is 10.0 Å². The van der Waals surface area contributed by atoms with E-state index in [0.29, 0.717) is 18.5 Å². The van der Waals surface area contributed by atoms with Gasteiger partial charge in [-0.05, 0) is 17.9 Å². The number of likely N-dealkylation sites (N-methyl/N-ethyl adjacent to an activating group) is 1. The molecule has 0 unspecified atom stereocenters. The molecular formula is C11H14ClN3O2S2. The minimum absolute atomic E-state index is 0.0798. The van der Waals surface area contributed by atoms with Crippen LogP contribution in [0.3, 0.4) is 0 Å². The molecule has 2 heterocycles. The van der Waals surface area contributed by atoms with Crippen molar-refractivity contribution in [2.75, 3.05) is 13.6 Å². The summed E-state index contributed by atoms with van der Waals surface area (Å²) < 4.78 is 26.0. The quantitative estimate of drug-likeness (QED) is 0.829. The largest absolute Gasteiger partial charge is 0.266 e. The Balaban J connectivity index is 2.11. The number of rotatable bonds is 6. The summed E-state index contributed by atoms with van der Waals surface area (Å²) in [7, 11) is -2.00. The summed E-state index contributed by atoms with van der Waals surface area (Å²) >= 11 is 7.32. The first-order chi connectivity index (χ1) is 9.05. The maximum absolute atomic E-state index is 12.3. The van der Waals surface area contributed by atoms with Gasteiger partial charge in [0.1, 0.15) is 0 Å². The number of nitrogens with one attached hydrogen (secondary N) is 1. The van der Waals surface area contributed by atoms with E-state index in [4.69, 9.17) is 11.6 Å². The van der Waals surface area contributed by atoms with Crippen molar-refractivity contribution in [3.05, 3.63) is 34.2 Å². The molecule has 5 nitrogen and oxygen atoms in total. The predicted molar refractivity (Wildman–Crippen MR) is 76.0 cm³/mol. The van der Waals surface area contributed by atoms with Crippen LogP contribution in [0, 0.1) is 0 Å². The number of halogens is 1. The Kier molecular flexibility index (Phi) is 4.62. The van der Waals surface area contributed by atoms with Gasteiger partial charge in [0, 0.05) is 24.0 Å². The molecule has 0 aliphatic rings. The zero-order chi connectivity index (χ0) is 13.9. The highest BCUT2D eigenvalue weighted by atomic mass is 35.5. The van der Waals surface area contributed by atoms with E-state index in [9.17, 15) is 8.42 Å². The molecule has 2 aromatic heterocycles. The molecule has 0 bridgehead atoms. The molecule has 0 spiro atoms. The van der Waals surface area contributed by atoms with Crippen molar-refractivity contribution in [1.29, 1.82) is 0 Å². The van der Waals surface area contributed by atoms with E-state index in [1.54, 1.807) is 18.4 Å². The van der Waals surface area contributed by atoms with Gasteiger partial charge in [0.05, 0.1) is 12.1 Å². The van der Waals surface area contributed by atoms with Crippen LogP contribution >= 0.6 is 22.9 Å². The van der Waals surface area contributed by atoms with Crippen LogP contribution in [0.4, 0.5) is 0 Å². The van der Waals surface area contributed by atoms with E-state index in [1.807, 2.05) is 17.5 Å². The number of hydrogen-bond acceptors (Lipinski definition) is 4. The normalized spacial score (nSPS) is 12.2. The van der Waals surface area contributed by atoms with Gasteiger partial charge in [-0.3, -0.25) is 5.10 Å². The second-order valence-corrected chi connectivity index (χ2v) is 7.30. The van der Waals surface area contributed by atoms with Gasteiger partial charge in [0.2, 0.25) is 0 Å². The lowest BCUT2D eigenvalue weighted by Crippen LogP contribution is -2.29. The van der Waals surface area contributed by atoms with Gasteiger partial charge < -0.3 is 0 Å². The summed E-state index contributed by atoms with van der Waals surface area (Å²) in [5.74, 6) is 0.115. The van der Waals surface area contributed by atoms with E-state index >= 15 is 0 Å². The Bertz CT molecular complexity index is 622. The number of aromatic amines is 1. The molecule has 1 N–H and O–H groups in total. The summed E-state index contributed by atoms with van der Waals surface area (Å²) in [6, 6.07) is 3.94. The Labute approximate surface area is 121 Å². The Morgan fingerprint density at radius 2 is 2.32 bits per heavy atom. The lowest BCUT2D eigenvalue weighted by atomic mass is 10.3. The van der Waals surface area contributed by atoms with E-state index in [0.717, 1.165) is 4.88 Å². The number of nitrogens with zero attached hydrogens (tertiary/aromatic N) is 2. The molecule has 8 heteroatoms. The van der Waals surface area contributed by atoms with Gasteiger partial charge in [-0.25, -0.2) is 8.42 Å². The van der Waals surface area contributed by atoms with Gasteiger partial charge in [0.15, 0.2) is 5.03 Å². The number of thiophene rings is 1. The monoisotopic (exact) mass is 319 g/mol. The maximum atomic E-state index is 12.3. The molecule has 0 aliphatic heterocycles. The topological polar surface area (TPSA) is 66.1 Å². The first kappa shape index (κ1) is 14.5. The molecule has 19 heavy (non-hydrogen) atoms. The Morgan fingerprint density at radius 3 is 2.95 bits per heavy atom. The van der Waals surface area contributed by atoms with Gasteiger partial charge in [0.25, 0.3) is 10.0 Å². The van der Waals surface area contributed by atoms with Crippen LogP contribution in [0.2, 0.25) is 0 Å². The number of hydrogen-bond donors (Lipinski definition) is 1. The van der Waals surface area contributed by atoms with Crippen LogP contribution in [0.5, 0.6) is 0 Å². The van der Waals surface area contributed by atoms with Crippen LogP contribution in [0.1, 0.15) is 10.4 Å². The lowest BCUT2D eigenvalue weighted by molar-refractivity contribution is 0.470. The third kappa shape index (κ3) is 3.17. The van der Waals surface area contributed by atoms with Gasteiger partial charge in [-0.2, -0.15) is 9.40 Å². The molecule has 0 saturated carbocycles. The SMILES string of the molecule is CN(CCc1cccs1)S(=O)(=O)c1[nH]ncc1CCl. The number of alkyl halides is 1. The minimum Gasteiger partial charge on any atom is -0.266 e. The van der Waals surface area contributed by atoms with Crippen molar-refractivity contribution in [1.82, 2.24) is 14.5 Å². The second-order valence-electron chi connectivity index (χ2n) is 4.01. The fourth-order valence-electron chi connectivity index (χ4n) is 1.62. The van der Waals surface area contributed by atoms with Crippen molar-refractivity contribution in [2.45, 2.75) is 17.3 Å². The molecule has 0 amide bonds. The smallest absolute Gasteiger partial charge is 0.260 e. The zero-order valence-corrected chi connectivity index (χ0v) is 12.7. The fourth-order valence-corrected chi connectivity index (χ4v) is 3.86. The highest BCUT2D eigenvalue weighted by Gasteiger charge is 2.25. The average molecular weight is 320 g/mol. The molecule has 104 valence electrons. The summed E-state index contributed by atoms with van der Waals surface area (Å²) in [6.07, 6.45) is 2.13. The lowest BCUT2D eigenvalue weighted by Gasteiger charge is -2.16. The molecule has 2 aromatic rings. The summed E-state index contributed by atoms with van der Waals surface area (Å²) in [6.45, 7) is 0.420. The highest BCUT2D eigenvalue weighted by Crippen LogP contribution is 2.19. The minimum atomic E-state index is -3.56. The fraction of sp³-hybridized carbons (Fsp3) is 0.364. The Hall–Kier alpha value is -0.890. The van der Waals surface area contributed by atoms with E-state index in [1.165, 1.54) is 10.5 Å². The van der Waals surface area contributed by atoms with Crippen molar-refractivity contribution in [3.8, 4) is 0 Å². The third-order valence-electron chi connectivity index (χ3n) is 2.74. The van der Waals surface area contributed by atoms with E-state index in [-0.39, 0.29) is 10.9 Å². The molecule has 0 aromatic carbocycles. The first-order valence-corrected chi connectivity index (χ1v) is 8.48. The predicted octanol–water partition coefficient (Wildman–Crippen LogP) is 2.07. The number of sulfonamides is 1. The molecule has 0 fully saturated rings. The number of aromatic nitrogens is 2. The molecular weight excluding hydrogens is 306 g/mol. The maximum Gasteiger partial charge on any atom is 0.260 e. The third-order valence-corrected chi connectivity index (χ3v) is 5.84. The van der Waals surface area contributed by atoms with Crippen LogP contribution in [0.15, 0.2) is 28.7 Å². The van der Waals surface area contributed by atoms with E-state index in [2.05, 4.69) is 10.2 Å². The number of H-pyrrole nitrogens is 1. The molecule has 2 rings (SSSR count). The van der Waals surface area contributed by atoms with Crippen molar-refractivity contribution >= 4 is 33.0 Å². The summed E-state index contributed by atoms with van der Waals surface area (Å²) in [5.41, 5.74) is 0.490. The van der Waals surface area contributed by atoms with Crippen molar-refractivity contribution in [3.63, 3.8) is 0 Å². The summed E-state index contributed by atoms with van der Waals surface area (Å²) in [5, 5.41) is 8.30. The standard InChI is InChI=1S/C11H14ClN3O2S2/c1-15(5-4-10-3-2-6-18-10)19(16,17)11-9(7-12)8-13-14-11/h2-3,6,8H,4-5,7H2,1H3,(H,13,14). The van der Waals surface area contributed by atoms with Gasteiger partial charge in [-0.1, -0.05) is 6.07 Å². The van der Waals surface area contributed by atoms with Crippen LogP contribution < -0.4 is 0 Å². The van der Waals surface area contributed by atoms with Crippen LogP contribution in [-0.2, 0) is 22.3 Å². The highest BCUT2D eigenvalue weighted by molar-refractivity contribution is 7.89.